The Morgan fingerprint density at radius 2 is 1.25 bits per heavy atom. The highest BCUT2D eigenvalue weighted by atomic mass is 79.9. The van der Waals surface area contributed by atoms with Gasteiger partial charge in [0.05, 0.1) is 11.1 Å². The number of rotatable bonds is 0. The molecule has 0 saturated carbocycles. The fourth-order valence-corrected chi connectivity index (χ4v) is 1.58. The molecule has 0 amide bonds. The second-order valence-electron chi connectivity index (χ2n) is 2.04. The minimum absolute atomic E-state index is 0.515. The fourth-order valence-electron chi connectivity index (χ4n) is 0.718. The molecule has 0 heterocycles. The quantitative estimate of drug-likeness (QED) is 0.736. The van der Waals surface area contributed by atoms with E-state index in [4.69, 9.17) is 10.5 Å². The van der Waals surface area contributed by atoms with Crippen LogP contribution in [0.3, 0.4) is 0 Å². The number of hydrogen-bond donors (Lipinski definition) is 0. The Kier molecular flexibility index (Phi) is 2.86. The third-order valence-electron chi connectivity index (χ3n) is 1.30. The average Bonchev–Trinajstić information content (AvgIpc) is 2.08. The van der Waals surface area contributed by atoms with Gasteiger partial charge in [-0.05, 0) is 44.0 Å². The van der Waals surface area contributed by atoms with Crippen LogP contribution in [-0.2, 0) is 0 Å². The van der Waals surface area contributed by atoms with Crippen LogP contribution in [0.1, 0.15) is 11.1 Å². The Morgan fingerprint density at radius 3 is 1.50 bits per heavy atom. The molecule has 1 aromatic rings. The highest BCUT2D eigenvalue weighted by molar-refractivity contribution is 9.11. The summed E-state index contributed by atoms with van der Waals surface area (Å²) < 4.78 is 1.29. The number of nitriles is 2. The Hall–Kier alpha value is -0.840. The van der Waals surface area contributed by atoms with Crippen molar-refractivity contribution in [1.29, 1.82) is 10.5 Å². The number of nitrogens with zero attached hydrogens (tertiary/aromatic N) is 2. The molecule has 0 saturated heterocycles. The van der Waals surface area contributed by atoms with Crippen molar-refractivity contribution in [2.75, 3.05) is 0 Å². The summed E-state index contributed by atoms with van der Waals surface area (Å²) in [4.78, 5) is 0. The van der Waals surface area contributed by atoms with E-state index in [-0.39, 0.29) is 0 Å². The minimum Gasteiger partial charge on any atom is -0.192 e. The summed E-state index contributed by atoms with van der Waals surface area (Å²) in [5.74, 6) is 0. The molecule has 0 unspecified atom stereocenters. The SMILES string of the molecule is N#Cc1cc(Br)c(C#N)cc1Br. The lowest BCUT2D eigenvalue weighted by atomic mass is 10.2. The van der Waals surface area contributed by atoms with Crippen LogP contribution in [0.25, 0.3) is 0 Å². The summed E-state index contributed by atoms with van der Waals surface area (Å²) in [7, 11) is 0. The number of hydrogen-bond acceptors (Lipinski definition) is 2. The zero-order valence-electron chi connectivity index (χ0n) is 5.81. The van der Waals surface area contributed by atoms with Crippen molar-refractivity contribution in [2.24, 2.45) is 0 Å². The molecule has 0 bridgehead atoms. The first-order valence-corrected chi connectivity index (χ1v) is 4.57. The van der Waals surface area contributed by atoms with E-state index < -0.39 is 0 Å². The highest BCUT2D eigenvalue weighted by Crippen LogP contribution is 2.24. The van der Waals surface area contributed by atoms with E-state index in [1.165, 1.54) is 0 Å². The van der Waals surface area contributed by atoms with Crippen LogP contribution in [0.2, 0.25) is 0 Å². The first-order chi connectivity index (χ1) is 5.69. The Labute approximate surface area is 86.7 Å². The van der Waals surface area contributed by atoms with Crippen molar-refractivity contribution in [3.8, 4) is 12.1 Å². The monoisotopic (exact) mass is 284 g/mol. The average molecular weight is 286 g/mol. The lowest BCUT2D eigenvalue weighted by molar-refractivity contribution is 1.41. The Balaban J connectivity index is 3.41. The van der Waals surface area contributed by atoms with Gasteiger partial charge in [0.2, 0.25) is 0 Å². The maximum absolute atomic E-state index is 8.62. The van der Waals surface area contributed by atoms with Crippen LogP contribution in [0.4, 0.5) is 0 Å². The smallest absolute Gasteiger partial charge is 0.100 e. The molecule has 0 radical (unpaired) electrons. The molecular weight excluding hydrogens is 284 g/mol. The van der Waals surface area contributed by atoms with E-state index in [1.54, 1.807) is 12.1 Å². The zero-order chi connectivity index (χ0) is 9.14. The number of halogens is 2. The first kappa shape index (κ1) is 9.25. The first-order valence-electron chi connectivity index (χ1n) is 2.98. The summed E-state index contributed by atoms with van der Waals surface area (Å²) in [5, 5.41) is 17.2. The second-order valence-corrected chi connectivity index (χ2v) is 3.74. The Morgan fingerprint density at radius 1 is 0.917 bits per heavy atom. The molecule has 0 N–H and O–H groups in total. The molecule has 58 valence electrons. The van der Waals surface area contributed by atoms with Crippen molar-refractivity contribution >= 4 is 31.9 Å². The van der Waals surface area contributed by atoms with Crippen molar-refractivity contribution < 1.29 is 0 Å². The van der Waals surface area contributed by atoms with Crippen LogP contribution in [-0.4, -0.2) is 0 Å². The topological polar surface area (TPSA) is 47.6 Å². The van der Waals surface area contributed by atoms with E-state index in [1.807, 2.05) is 12.1 Å². The largest absolute Gasteiger partial charge is 0.192 e. The van der Waals surface area contributed by atoms with Crippen molar-refractivity contribution in [3.63, 3.8) is 0 Å². The van der Waals surface area contributed by atoms with E-state index in [2.05, 4.69) is 31.9 Å². The van der Waals surface area contributed by atoms with Crippen molar-refractivity contribution in [1.82, 2.24) is 0 Å². The van der Waals surface area contributed by atoms with Crippen LogP contribution < -0.4 is 0 Å². The molecule has 0 aliphatic rings. The molecule has 0 spiro atoms. The summed E-state index contributed by atoms with van der Waals surface area (Å²) >= 11 is 6.38. The van der Waals surface area contributed by atoms with E-state index in [9.17, 15) is 0 Å². The molecule has 0 fully saturated rings. The van der Waals surface area contributed by atoms with Gasteiger partial charge in [-0.3, -0.25) is 0 Å². The molecule has 0 aliphatic heterocycles. The predicted octanol–water partition coefficient (Wildman–Crippen LogP) is 2.95. The third-order valence-corrected chi connectivity index (χ3v) is 2.61. The van der Waals surface area contributed by atoms with Crippen LogP contribution in [0.5, 0.6) is 0 Å². The lowest BCUT2D eigenvalue weighted by Gasteiger charge is -1.97. The summed E-state index contributed by atoms with van der Waals surface area (Å²) in [6, 6.07) is 7.23. The molecular formula is C8H2Br2N2. The summed E-state index contributed by atoms with van der Waals surface area (Å²) in [6.45, 7) is 0. The van der Waals surface area contributed by atoms with E-state index in [0.29, 0.717) is 20.1 Å². The van der Waals surface area contributed by atoms with Gasteiger partial charge in [-0.25, -0.2) is 0 Å². The van der Waals surface area contributed by atoms with Gasteiger partial charge < -0.3 is 0 Å². The maximum atomic E-state index is 8.62. The lowest BCUT2D eigenvalue weighted by Crippen LogP contribution is -1.82. The predicted molar refractivity (Wildman–Crippen MR) is 51.3 cm³/mol. The normalized spacial score (nSPS) is 8.67. The van der Waals surface area contributed by atoms with E-state index >= 15 is 0 Å². The van der Waals surface area contributed by atoms with Gasteiger partial charge in [0.25, 0.3) is 0 Å². The molecule has 1 aromatic carbocycles. The maximum Gasteiger partial charge on any atom is 0.100 e. The summed E-state index contributed by atoms with van der Waals surface area (Å²) in [6.07, 6.45) is 0. The number of benzene rings is 1. The standard InChI is InChI=1S/C8H2Br2N2/c9-7-1-5(3-11)8(10)2-6(7)4-12/h1-2H. The van der Waals surface area contributed by atoms with Gasteiger partial charge in [-0.2, -0.15) is 10.5 Å². The van der Waals surface area contributed by atoms with Gasteiger partial charge in [-0.1, -0.05) is 0 Å². The van der Waals surface area contributed by atoms with Gasteiger partial charge in [0.1, 0.15) is 12.1 Å². The van der Waals surface area contributed by atoms with Gasteiger partial charge in [-0.15, -0.1) is 0 Å². The Bertz CT molecular complexity index is 359. The molecule has 0 aliphatic carbocycles. The fraction of sp³-hybridized carbons (Fsp3) is 0. The van der Waals surface area contributed by atoms with Gasteiger partial charge in [0.15, 0.2) is 0 Å². The van der Waals surface area contributed by atoms with Crippen LogP contribution in [0, 0.1) is 22.7 Å². The van der Waals surface area contributed by atoms with Gasteiger partial charge >= 0.3 is 0 Å². The second kappa shape index (κ2) is 3.71. The molecule has 0 atom stereocenters. The van der Waals surface area contributed by atoms with Crippen molar-refractivity contribution in [3.05, 3.63) is 32.2 Å². The molecule has 2 nitrogen and oxygen atoms in total. The van der Waals surface area contributed by atoms with Crippen LogP contribution in [0.15, 0.2) is 21.1 Å². The third kappa shape index (κ3) is 1.66. The minimum atomic E-state index is 0.515. The zero-order valence-corrected chi connectivity index (χ0v) is 8.98. The van der Waals surface area contributed by atoms with Crippen molar-refractivity contribution in [2.45, 2.75) is 0 Å². The van der Waals surface area contributed by atoms with E-state index in [0.717, 1.165) is 0 Å². The molecule has 1 rings (SSSR count). The molecule has 4 heteroatoms. The van der Waals surface area contributed by atoms with Crippen LogP contribution >= 0.6 is 31.9 Å². The highest BCUT2D eigenvalue weighted by Gasteiger charge is 2.04. The molecule has 0 aromatic heterocycles. The summed E-state index contributed by atoms with van der Waals surface area (Å²) in [5.41, 5.74) is 1.03. The van der Waals surface area contributed by atoms with Gasteiger partial charge in [0, 0.05) is 8.95 Å². The molecule has 12 heavy (non-hydrogen) atoms.